The zero-order chi connectivity index (χ0) is 15.0. The first kappa shape index (κ1) is 16.2. The van der Waals surface area contributed by atoms with E-state index in [-0.39, 0.29) is 12.6 Å². The van der Waals surface area contributed by atoms with Crippen LogP contribution in [0.1, 0.15) is 6.42 Å². The zero-order valence-corrected chi connectivity index (χ0v) is 11.1. The molecule has 114 valence electrons. The predicted octanol–water partition coefficient (Wildman–Crippen LogP) is -1.28. The maximum Gasteiger partial charge on any atom is 0.326 e. The van der Waals surface area contributed by atoms with Gasteiger partial charge in [-0.3, -0.25) is 4.79 Å². The Morgan fingerprint density at radius 1 is 1.40 bits per heavy atom. The molecule has 2 atom stereocenters. The minimum atomic E-state index is -1.34. The molecular formula is C11H18N2O7. The molecule has 0 aromatic rings. The molecule has 0 spiro atoms. The number of esters is 1. The highest BCUT2D eigenvalue weighted by molar-refractivity contribution is 5.86. The second-order valence-electron chi connectivity index (χ2n) is 4.09. The molecule has 9 heteroatoms. The molecule has 2 amide bonds. The van der Waals surface area contributed by atoms with Crippen LogP contribution in [0, 0.1) is 0 Å². The number of carbonyl (C=O) groups is 3. The SMILES string of the molecule is COC(=O)C[C@H](NC(=O)NCC1COCCO1)C(=O)O. The molecule has 0 radical (unpaired) electrons. The average Bonchev–Trinajstić information content (AvgIpc) is 2.45. The minimum Gasteiger partial charge on any atom is -0.480 e. The molecule has 1 rings (SSSR count). The van der Waals surface area contributed by atoms with Gasteiger partial charge in [0, 0.05) is 6.54 Å². The number of hydrogen-bond acceptors (Lipinski definition) is 6. The summed E-state index contributed by atoms with van der Waals surface area (Å²) < 4.78 is 14.8. The van der Waals surface area contributed by atoms with E-state index >= 15 is 0 Å². The highest BCUT2D eigenvalue weighted by Gasteiger charge is 2.24. The molecule has 1 unspecified atom stereocenters. The van der Waals surface area contributed by atoms with E-state index in [9.17, 15) is 14.4 Å². The van der Waals surface area contributed by atoms with E-state index in [1.807, 2.05) is 0 Å². The normalized spacial score (nSPS) is 19.8. The van der Waals surface area contributed by atoms with E-state index in [2.05, 4.69) is 15.4 Å². The lowest BCUT2D eigenvalue weighted by molar-refractivity contribution is -0.147. The number of carboxylic acids is 1. The number of hydrogen-bond donors (Lipinski definition) is 3. The topological polar surface area (TPSA) is 123 Å². The number of nitrogens with one attached hydrogen (secondary N) is 2. The van der Waals surface area contributed by atoms with Gasteiger partial charge in [-0.25, -0.2) is 9.59 Å². The molecule has 0 aromatic carbocycles. The van der Waals surface area contributed by atoms with Crippen molar-refractivity contribution in [3.63, 3.8) is 0 Å². The monoisotopic (exact) mass is 290 g/mol. The molecule has 1 saturated heterocycles. The fourth-order valence-electron chi connectivity index (χ4n) is 1.52. The van der Waals surface area contributed by atoms with Gasteiger partial charge in [-0.2, -0.15) is 0 Å². The van der Waals surface area contributed by atoms with Crippen molar-refractivity contribution >= 4 is 18.0 Å². The summed E-state index contributed by atoms with van der Waals surface area (Å²) >= 11 is 0. The lowest BCUT2D eigenvalue weighted by atomic mass is 10.2. The van der Waals surface area contributed by atoms with Gasteiger partial charge in [0.15, 0.2) is 0 Å². The van der Waals surface area contributed by atoms with Crippen molar-refractivity contribution in [2.75, 3.05) is 33.5 Å². The first-order chi connectivity index (χ1) is 9.52. The van der Waals surface area contributed by atoms with Crippen LogP contribution in [0.2, 0.25) is 0 Å². The molecule has 1 aliphatic heterocycles. The average molecular weight is 290 g/mol. The molecule has 0 bridgehead atoms. The number of aliphatic carboxylic acids is 1. The lowest BCUT2D eigenvalue weighted by Crippen LogP contribution is -2.49. The second kappa shape index (κ2) is 8.33. The van der Waals surface area contributed by atoms with Crippen LogP contribution >= 0.6 is 0 Å². The molecular weight excluding hydrogens is 272 g/mol. The fourth-order valence-corrected chi connectivity index (χ4v) is 1.52. The summed E-state index contributed by atoms with van der Waals surface area (Å²) in [4.78, 5) is 33.5. The molecule has 0 saturated carbocycles. The molecule has 9 nitrogen and oxygen atoms in total. The zero-order valence-electron chi connectivity index (χ0n) is 11.1. The van der Waals surface area contributed by atoms with Gasteiger partial charge in [-0.1, -0.05) is 0 Å². The van der Waals surface area contributed by atoms with Crippen LogP contribution in [0.4, 0.5) is 4.79 Å². The Morgan fingerprint density at radius 2 is 2.15 bits per heavy atom. The van der Waals surface area contributed by atoms with Crippen LogP contribution in [-0.4, -0.2) is 68.7 Å². The Labute approximate surface area is 115 Å². The van der Waals surface area contributed by atoms with Gasteiger partial charge < -0.3 is 30.0 Å². The van der Waals surface area contributed by atoms with Crippen molar-refractivity contribution in [1.82, 2.24) is 10.6 Å². The third-order valence-corrected chi connectivity index (χ3v) is 2.58. The quantitative estimate of drug-likeness (QED) is 0.520. The molecule has 0 aliphatic carbocycles. The van der Waals surface area contributed by atoms with Crippen molar-refractivity contribution < 1.29 is 33.7 Å². The van der Waals surface area contributed by atoms with Crippen LogP contribution < -0.4 is 10.6 Å². The molecule has 1 aliphatic rings. The Bertz CT molecular complexity index is 355. The Hall–Kier alpha value is -1.87. The number of rotatable bonds is 6. The smallest absolute Gasteiger partial charge is 0.326 e. The summed E-state index contributed by atoms with van der Waals surface area (Å²) in [7, 11) is 1.14. The standard InChI is InChI=1S/C11H18N2O7/c1-18-9(14)4-8(10(15)16)13-11(17)12-5-7-6-19-2-3-20-7/h7-8H,2-6H2,1H3,(H,15,16)(H2,12,13,17)/t7?,8-/m0/s1. The number of amides is 2. The van der Waals surface area contributed by atoms with Crippen LogP contribution in [0.5, 0.6) is 0 Å². The van der Waals surface area contributed by atoms with Gasteiger partial charge in [-0.15, -0.1) is 0 Å². The Morgan fingerprint density at radius 3 is 2.70 bits per heavy atom. The first-order valence-electron chi connectivity index (χ1n) is 6.06. The third-order valence-electron chi connectivity index (χ3n) is 2.58. The van der Waals surface area contributed by atoms with Gasteiger partial charge in [-0.05, 0) is 0 Å². The summed E-state index contributed by atoms with van der Waals surface area (Å²) in [5.41, 5.74) is 0. The van der Waals surface area contributed by atoms with Gasteiger partial charge in [0.2, 0.25) is 0 Å². The first-order valence-corrected chi connectivity index (χ1v) is 6.06. The third kappa shape index (κ3) is 5.85. The summed E-state index contributed by atoms with van der Waals surface area (Å²) in [6.07, 6.45) is -0.708. The van der Waals surface area contributed by atoms with Gasteiger partial charge in [0.1, 0.15) is 6.04 Å². The van der Waals surface area contributed by atoms with E-state index in [0.717, 1.165) is 7.11 Å². The van der Waals surface area contributed by atoms with Crippen molar-refractivity contribution in [2.45, 2.75) is 18.6 Å². The lowest BCUT2D eigenvalue weighted by Gasteiger charge is -2.23. The molecule has 20 heavy (non-hydrogen) atoms. The summed E-state index contributed by atoms with van der Waals surface area (Å²) in [5, 5.41) is 13.5. The van der Waals surface area contributed by atoms with Crippen LogP contribution in [0.25, 0.3) is 0 Å². The number of ether oxygens (including phenoxy) is 3. The van der Waals surface area contributed by atoms with E-state index < -0.39 is 30.4 Å². The van der Waals surface area contributed by atoms with Crippen molar-refractivity contribution in [2.24, 2.45) is 0 Å². The fraction of sp³-hybridized carbons (Fsp3) is 0.727. The van der Waals surface area contributed by atoms with Gasteiger partial charge in [0.05, 0.1) is 39.5 Å². The summed E-state index contributed by atoms with van der Waals surface area (Å²) in [6, 6.07) is -2.04. The van der Waals surface area contributed by atoms with E-state index in [1.165, 1.54) is 0 Å². The molecule has 0 aromatic heterocycles. The number of methoxy groups -OCH3 is 1. The largest absolute Gasteiger partial charge is 0.480 e. The summed E-state index contributed by atoms with van der Waals surface area (Å²) in [6.45, 7) is 1.53. The molecule has 3 N–H and O–H groups in total. The number of urea groups is 1. The van der Waals surface area contributed by atoms with Gasteiger partial charge >= 0.3 is 18.0 Å². The minimum absolute atomic E-state index is 0.191. The van der Waals surface area contributed by atoms with Crippen molar-refractivity contribution in [1.29, 1.82) is 0 Å². The van der Waals surface area contributed by atoms with E-state index in [0.29, 0.717) is 19.8 Å². The Balaban J connectivity index is 2.33. The highest BCUT2D eigenvalue weighted by Crippen LogP contribution is 1.99. The van der Waals surface area contributed by atoms with Crippen molar-refractivity contribution in [3.8, 4) is 0 Å². The molecule has 1 heterocycles. The second-order valence-corrected chi connectivity index (χ2v) is 4.09. The van der Waals surface area contributed by atoms with Crippen LogP contribution in [0.15, 0.2) is 0 Å². The highest BCUT2D eigenvalue weighted by atomic mass is 16.6. The number of carboxylic acid groups (broad SMARTS) is 1. The molecule has 1 fully saturated rings. The van der Waals surface area contributed by atoms with Gasteiger partial charge in [0.25, 0.3) is 0 Å². The van der Waals surface area contributed by atoms with Crippen LogP contribution in [-0.2, 0) is 23.8 Å². The predicted molar refractivity (Wildman–Crippen MR) is 65.2 cm³/mol. The van der Waals surface area contributed by atoms with E-state index in [4.69, 9.17) is 14.6 Å². The van der Waals surface area contributed by atoms with Crippen LogP contribution in [0.3, 0.4) is 0 Å². The Kier molecular flexibility index (Phi) is 6.74. The summed E-state index contributed by atoms with van der Waals surface area (Å²) in [5.74, 6) is -2.04. The van der Waals surface area contributed by atoms with E-state index in [1.54, 1.807) is 0 Å². The number of carbonyl (C=O) groups excluding carboxylic acids is 2. The van der Waals surface area contributed by atoms with Crippen molar-refractivity contribution in [3.05, 3.63) is 0 Å². The maximum absolute atomic E-state index is 11.5. The maximum atomic E-state index is 11.5.